The van der Waals surface area contributed by atoms with Gasteiger partial charge in [-0.1, -0.05) is 6.07 Å². The number of nitrogens with two attached hydrogens (primary N) is 1. The molecule has 0 radical (unpaired) electrons. The van der Waals surface area contributed by atoms with Crippen molar-refractivity contribution in [2.45, 2.75) is 37.0 Å². The number of hydrogen-bond acceptors (Lipinski definition) is 11. The number of ketones is 2. The van der Waals surface area contributed by atoms with E-state index in [1.165, 1.54) is 18.2 Å². The number of ether oxygens (including phenoxy) is 1. The number of hydrogen-bond donors (Lipinski definition) is 5. The minimum absolute atomic E-state index is 0.00489. The van der Waals surface area contributed by atoms with Gasteiger partial charge < -0.3 is 40.7 Å². The number of allylic oxidation sites excluding steroid dienone is 1. The summed E-state index contributed by atoms with van der Waals surface area (Å²) in [5, 5.41) is 44.7. The molecule has 1 saturated carbocycles. The van der Waals surface area contributed by atoms with Crippen molar-refractivity contribution in [3.8, 4) is 5.75 Å². The summed E-state index contributed by atoms with van der Waals surface area (Å²) in [6, 6.07) is 1.88. The smallest absolute Gasteiger partial charge is 0.330 e. The van der Waals surface area contributed by atoms with E-state index in [0.717, 1.165) is 6.54 Å². The number of benzene rings is 1. The lowest BCUT2D eigenvalue weighted by molar-refractivity contribution is -0.178. The van der Waals surface area contributed by atoms with E-state index in [2.05, 4.69) is 0 Å². The first-order valence-corrected chi connectivity index (χ1v) is 13.4. The van der Waals surface area contributed by atoms with Crippen LogP contribution in [0.3, 0.4) is 0 Å². The number of primary amides is 1. The zero-order valence-corrected chi connectivity index (χ0v) is 23.5. The second-order valence-electron chi connectivity index (χ2n) is 11.5. The van der Waals surface area contributed by atoms with Gasteiger partial charge in [-0.3, -0.25) is 14.4 Å². The van der Waals surface area contributed by atoms with Crippen LogP contribution < -0.4 is 5.73 Å². The van der Waals surface area contributed by atoms with E-state index in [4.69, 9.17) is 10.5 Å². The van der Waals surface area contributed by atoms with Gasteiger partial charge in [-0.15, -0.1) is 0 Å². The molecule has 4 rings (SSSR count). The van der Waals surface area contributed by atoms with E-state index in [0.29, 0.717) is 17.5 Å². The second-order valence-corrected chi connectivity index (χ2v) is 11.5. The number of aromatic hydroxyl groups is 1. The number of esters is 1. The molecule has 3 aliphatic carbocycles. The van der Waals surface area contributed by atoms with Gasteiger partial charge in [0.1, 0.15) is 17.4 Å². The summed E-state index contributed by atoms with van der Waals surface area (Å²) >= 11 is 0. The lowest BCUT2D eigenvalue weighted by Crippen LogP contribution is -2.71. The van der Waals surface area contributed by atoms with Crippen LogP contribution in [0.4, 0.5) is 0 Å². The van der Waals surface area contributed by atoms with E-state index in [1.807, 2.05) is 19.0 Å². The number of aliphatic hydroxyl groups is 3. The average molecular weight is 572 g/mol. The van der Waals surface area contributed by atoms with Gasteiger partial charge in [0, 0.05) is 30.2 Å². The molecular weight excluding hydrogens is 534 g/mol. The number of nitrogens with zero attached hydrogens (tertiary/aromatic N) is 2. The second kappa shape index (κ2) is 11.4. The van der Waals surface area contributed by atoms with Crippen molar-refractivity contribution in [2.24, 2.45) is 23.5 Å². The number of fused-ring (bicyclic) bond motifs is 3. The van der Waals surface area contributed by atoms with Crippen LogP contribution >= 0.6 is 0 Å². The molecule has 2 unspecified atom stereocenters. The highest BCUT2D eigenvalue weighted by atomic mass is 16.5. The Labute approximate surface area is 237 Å². The predicted molar refractivity (Wildman–Crippen MR) is 147 cm³/mol. The minimum atomic E-state index is -2.64. The third-order valence-corrected chi connectivity index (χ3v) is 8.41. The summed E-state index contributed by atoms with van der Waals surface area (Å²) in [4.78, 5) is 55.1. The van der Waals surface area contributed by atoms with E-state index in [9.17, 15) is 39.6 Å². The Bertz CT molecular complexity index is 1330. The highest BCUT2D eigenvalue weighted by Crippen LogP contribution is 2.52. The molecule has 1 aromatic rings. The first-order valence-electron chi connectivity index (χ1n) is 13.4. The largest absolute Gasteiger partial charge is 0.508 e. The molecule has 3 aliphatic rings. The molecule has 0 saturated heterocycles. The monoisotopic (exact) mass is 571 g/mol. The topological polar surface area (TPSA) is 191 Å². The highest BCUT2D eigenvalue weighted by molar-refractivity contribution is 6.16. The Kier molecular flexibility index (Phi) is 8.42. The van der Waals surface area contributed by atoms with Crippen LogP contribution in [-0.4, -0.2) is 113 Å². The van der Waals surface area contributed by atoms with Crippen LogP contribution in [0.5, 0.6) is 5.75 Å². The third kappa shape index (κ3) is 5.16. The molecule has 1 aromatic carbocycles. The van der Waals surface area contributed by atoms with Gasteiger partial charge in [0.25, 0.3) is 0 Å². The molecule has 6 atom stereocenters. The highest BCUT2D eigenvalue weighted by Gasteiger charge is 2.66. The van der Waals surface area contributed by atoms with Crippen molar-refractivity contribution < 1.29 is 44.3 Å². The summed E-state index contributed by atoms with van der Waals surface area (Å²) in [6.07, 6.45) is 1.97. The number of rotatable bonds is 8. The average Bonchev–Trinajstić information content (AvgIpc) is 2.87. The number of phenols is 1. The summed E-state index contributed by atoms with van der Waals surface area (Å²) < 4.78 is 5.22. The molecular formula is C29H37N3O9. The van der Waals surface area contributed by atoms with Gasteiger partial charge in [-0.05, 0) is 76.6 Å². The Hall–Kier alpha value is -3.58. The molecule has 12 heteroatoms. The molecule has 0 spiro atoms. The molecule has 12 nitrogen and oxygen atoms in total. The number of aliphatic hydroxyl groups excluding tert-OH is 2. The zero-order chi connectivity index (χ0) is 30.4. The van der Waals surface area contributed by atoms with E-state index in [1.54, 1.807) is 25.1 Å². The van der Waals surface area contributed by atoms with Gasteiger partial charge in [-0.25, -0.2) is 4.79 Å². The molecule has 41 heavy (non-hydrogen) atoms. The summed E-state index contributed by atoms with van der Waals surface area (Å²) in [5.74, 6) is -8.52. The van der Waals surface area contributed by atoms with Crippen LogP contribution in [0.15, 0.2) is 29.5 Å². The summed E-state index contributed by atoms with van der Waals surface area (Å²) in [7, 11) is 7.02. The fraction of sp³-hybridized carbons (Fsp3) is 0.517. The molecule has 1 fully saturated rings. The quantitative estimate of drug-likeness (QED) is 0.120. The number of carbonyl (C=O) groups excluding carboxylic acids is 4. The normalized spacial score (nSPS) is 29.5. The lowest BCUT2D eigenvalue weighted by Gasteiger charge is -2.53. The van der Waals surface area contributed by atoms with Crippen molar-refractivity contribution in [3.05, 3.63) is 46.2 Å². The van der Waals surface area contributed by atoms with Crippen molar-refractivity contribution in [3.63, 3.8) is 0 Å². The fourth-order valence-electron chi connectivity index (χ4n) is 6.55. The maximum absolute atomic E-state index is 13.7. The van der Waals surface area contributed by atoms with Gasteiger partial charge in [0.05, 0.1) is 18.3 Å². The zero-order valence-electron chi connectivity index (χ0n) is 23.5. The molecule has 0 heterocycles. The van der Waals surface area contributed by atoms with Gasteiger partial charge in [0.2, 0.25) is 5.91 Å². The van der Waals surface area contributed by atoms with Crippen molar-refractivity contribution in [2.75, 3.05) is 41.3 Å². The first-order chi connectivity index (χ1) is 19.2. The molecule has 0 bridgehead atoms. The first kappa shape index (κ1) is 30.4. The van der Waals surface area contributed by atoms with E-state index < -0.39 is 64.7 Å². The Balaban J connectivity index is 1.73. The van der Waals surface area contributed by atoms with Crippen LogP contribution in [0, 0.1) is 17.8 Å². The Morgan fingerprint density at radius 1 is 1.17 bits per heavy atom. The van der Waals surface area contributed by atoms with Crippen LogP contribution in [0.25, 0.3) is 6.08 Å². The van der Waals surface area contributed by atoms with Crippen molar-refractivity contribution in [1.82, 2.24) is 9.80 Å². The van der Waals surface area contributed by atoms with Crippen molar-refractivity contribution in [1.29, 1.82) is 0 Å². The number of amides is 1. The molecule has 6 N–H and O–H groups in total. The summed E-state index contributed by atoms with van der Waals surface area (Å²) in [5.41, 5.74) is 3.31. The summed E-state index contributed by atoms with van der Waals surface area (Å²) in [6.45, 7) is 0.993. The fourth-order valence-corrected chi connectivity index (χ4v) is 6.55. The van der Waals surface area contributed by atoms with Gasteiger partial charge >= 0.3 is 5.97 Å². The molecule has 0 aliphatic heterocycles. The molecule has 0 aromatic heterocycles. The Morgan fingerprint density at radius 3 is 2.46 bits per heavy atom. The maximum Gasteiger partial charge on any atom is 0.330 e. The van der Waals surface area contributed by atoms with Gasteiger partial charge in [-0.2, -0.15) is 0 Å². The van der Waals surface area contributed by atoms with Crippen LogP contribution in [0.1, 0.15) is 34.3 Å². The maximum atomic E-state index is 13.7. The lowest BCUT2D eigenvalue weighted by atomic mass is 9.56. The van der Waals surface area contributed by atoms with Crippen molar-refractivity contribution >= 4 is 29.5 Å². The minimum Gasteiger partial charge on any atom is -0.508 e. The molecule has 1 amide bonds. The number of phenolic OH excluding ortho intramolecular Hbond substituents is 1. The Morgan fingerprint density at radius 2 is 1.85 bits per heavy atom. The van der Waals surface area contributed by atoms with E-state index in [-0.39, 0.29) is 36.3 Å². The van der Waals surface area contributed by atoms with Crippen LogP contribution in [0.2, 0.25) is 0 Å². The van der Waals surface area contributed by atoms with Gasteiger partial charge in [0.15, 0.2) is 17.2 Å². The van der Waals surface area contributed by atoms with E-state index >= 15 is 0 Å². The molecule has 222 valence electrons. The van der Waals surface area contributed by atoms with Crippen LogP contribution in [-0.2, 0) is 25.5 Å². The SMILES string of the molecule is CN(C)CCCOC(=O)/C=C/c1ccc(O)c2c1C[C@H]1C[C@H]3[C@H](N(C)C)C(O)C(C(N)=O)C(=O)[C@@]3(O)C(O)=C1C2=O. The predicted octanol–water partition coefficient (Wildman–Crippen LogP) is -0.206. The number of Topliss-reactive ketones (excluding diaryl/α,β-unsaturated/α-hetero) is 2. The standard InChI is InChI=1S/C29H37N3O9/c1-31(2)10-5-11-41-19(34)9-7-14-6-8-18(33)21-16(14)12-15-13-17-23(32(3)4)25(36)22(28(30)39)27(38)29(17,40)26(37)20(15)24(21)35/h6-9,15,17,22-23,25,33,36-37,40H,5,10-13H2,1-4H3,(H2,30,39)/b9-7+/t15-,17-,22?,23-,25?,29-/m0/s1. The number of likely N-dealkylation sites (N-methyl/N-ethyl adjacent to an activating group) is 1. The number of carbonyl (C=O) groups is 4. The third-order valence-electron chi connectivity index (χ3n) is 8.41.